The Morgan fingerprint density at radius 3 is 2.39 bits per heavy atom. The maximum absolute atomic E-state index is 13.5. The number of nitrogens with zero attached hydrogens (tertiary/aromatic N) is 3. The fourth-order valence-corrected chi connectivity index (χ4v) is 5.46. The van der Waals surface area contributed by atoms with Crippen LogP contribution in [0.25, 0.3) is 11.0 Å². The first-order valence-electron chi connectivity index (χ1n) is 12.6. The minimum absolute atomic E-state index is 0.0616. The molecule has 0 atom stereocenters. The van der Waals surface area contributed by atoms with Crippen molar-refractivity contribution < 1.29 is 4.79 Å². The number of pyridine rings is 1. The Morgan fingerprint density at radius 1 is 1.00 bits per heavy atom. The summed E-state index contributed by atoms with van der Waals surface area (Å²) in [4.78, 5) is 30.4. The second-order valence-electron chi connectivity index (χ2n) is 9.75. The van der Waals surface area contributed by atoms with E-state index >= 15 is 0 Å². The number of fused-ring (bicyclic) bond motifs is 1. The van der Waals surface area contributed by atoms with Crippen LogP contribution in [-0.4, -0.2) is 26.1 Å². The Bertz CT molecular complexity index is 1420. The summed E-state index contributed by atoms with van der Waals surface area (Å²) >= 11 is 6.03. The van der Waals surface area contributed by atoms with Gasteiger partial charge < -0.3 is 5.32 Å². The molecule has 5 rings (SSSR count). The molecule has 1 N–H and O–H groups in total. The van der Waals surface area contributed by atoms with Crippen molar-refractivity contribution in [2.75, 3.05) is 0 Å². The highest BCUT2D eigenvalue weighted by molar-refractivity contribution is 6.30. The third kappa shape index (κ3) is 5.24. The Morgan fingerprint density at radius 2 is 1.67 bits per heavy atom. The number of benzene rings is 2. The molecule has 0 radical (unpaired) electrons. The number of amides is 1. The van der Waals surface area contributed by atoms with Crippen LogP contribution in [0.3, 0.4) is 0 Å². The first-order valence-corrected chi connectivity index (χ1v) is 13.0. The van der Waals surface area contributed by atoms with Crippen molar-refractivity contribution in [3.63, 3.8) is 0 Å². The molecule has 36 heavy (non-hydrogen) atoms. The standard InChI is InChI=1S/C29H31ClN4O2/c1-20-25(17-23(30)18-31-20)28(35)32-24-13-11-22(12-14-24)19-34-27-10-6-5-9-26(27)33(29(34)36)16-15-21-7-3-2-4-8-21/h2-10,17-18,22,24H,11-16,19H2,1H3,(H,32,35)/t22-,24-. The summed E-state index contributed by atoms with van der Waals surface area (Å²) < 4.78 is 3.86. The number of carbonyl (C=O) groups is 1. The van der Waals surface area contributed by atoms with Crippen molar-refractivity contribution in [2.45, 2.75) is 58.2 Å². The lowest BCUT2D eigenvalue weighted by atomic mass is 9.85. The van der Waals surface area contributed by atoms with E-state index in [9.17, 15) is 9.59 Å². The number of halogens is 1. The predicted molar refractivity (Wildman–Crippen MR) is 144 cm³/mol. The van der Waals surface area contributed by atoms with Crippen molar-refractivity contribution >= 4 is 28.5 Å². The van der Waals surface area contributed by atoms with Crippen molar-refractivity contribution in [3.8, 4) is 0 Å². The summed E-state index contributed by atoms with van der Waals surface area (Å²) in [5.74, 6) is 0.280. The van der Waals surface area contributed by atoms with E-state index in [1.54, 1.807) is 12.3 Å². The van der Waals surface area contributed by atoms with Crippen LogP contribution in [0.1, 0.15) is 47.3 Å². The number of rotatable bonds is 7. The van der Waals surface area contributed by atoms with E-state index in [-0.39, 0.29) is 17.6 Å². The average Bonchev–Trinajstić information content (AvgIpc) is 3.16. The van der Waals surface area contributed by atoms with Crippen molar-refractivity contribution in [1.29, 1.82) is 0 Å². The maximum atomic E-state index is 13.5. The number of aryl methyl sites for hydroxylation is 3. The van der Waals surface area contributed by atoms with Crippen molar-refractivity contribution in [3.05, 3.63) is 99.2 Å². The van der Waals surface area contributed by atoms with Gasteiger partial charge in [0.15, 0.2) is 0 Å². The van der Waals surface area contributed by atoms with Gasteiger partial charge in [0.1, 0.15) is 0 Å². The van der Waals surface area contributed by atoms with Gasteiger partial charge in [-0.1, -0.05) is 54.1 Å². The molecule has 7 heteroatoms. The second-order valence-corrected chi connectivity index (χ2v) is 10.2. The van der Waals surface area contributed by atoms with Gasteiger partial charge in [0.2, 0.25) is 0 Å². The Kier molecular flexibility index (Phi) is 7.23. The van der Waals surface area contributed by atoms with Crippen LogP contribution < -0.4 is 11.0 Å². The highest BCUT2D eigenvalue weighted by Crippen LogP contribution is 2.27. The average molecular weight is 503 g/mol. The molecule has 0 bridgehead atoms. The molecule has 0 unspecified atom stereocenters. The first-order chi connectivity index (χ1) is 17.5. The minimum Gasteiger partial charge on any atom is -0.349 e. The van der Waals surface area contributed by atoms with Gasteiger partial charge in [-0.15, -0.1) is 0 Å². The molecule has 1 saturated carbocycles. The molecule has 186 valence electrons. The summed E-state index contributed by atoms with van der Waals surface area (Å²) in [7, 11) is 0. The molecule has 0 saturated heterocycles. The van der Waals surface area contributed by atoms with Crippen LogP contribution in [-0.2, 0) is 19.5 Å². The summed E-state index contributed by atoms with van der Waals surface area (Å²) in [6.45, 7) is 3.18. The molecule has 2 aromatic heterocycles. The van der Waals surface area contributed by atoms with Gasteiger partial charge >= 0.3 is 5.69 Å². The SMILES string of the molecule is Cc1ncc(Cl)cc1C(=O)N[C@H]1CC[C@H](Cn2c(=O)n(CCc3ccccc3)c3ccccc32)CC1. The van der Waals surface area contributed by atoms with E-state index in [1.807, 2.05) is 58.5 Å². The van der Waals surface area contributed by atoms with E-state index in [0.29, 0.717) is 35.3 Å². The van der Waals surface area contributed by atoms with Crippen LogP contribution in [0.5, 0.6) is 0 Å². The zero-order valence-corrected chi connectivity index (χ0v) is 21.2. The molecule has 2 aromatic carbocycles. The lowest BCUT2D eigenvalue weighted by molar-refractivity contribution is 0.0919. The molecule has 1 aliphatic carbocycles. The smallest absolute Gasteiger partial charge is 0.329 e. The largest absolute Gasteiger partial charge is 0.349 e. The molecule has 4 aromatic rings. The highest BCUT2D eigenvalue weighted by Gasteiger charge is 2.25. The highest BCUT2D eigenvalue weighted by atomic mass is 35.5. The monoisotopic (exact) mass is 502 g/mol. The number of aromatic nitrogens is 3. The third-order valence-corrected chi connectivity index (χ3v) is 7.52. The normalized spacial score (nSPS) is 17.8. The zero-order chi connectivity index (χ0) is 25.1. The molecule has 6 nitrogen and oxygen atoms in total. The predicted octanol–water partition coefficient (Wildman–Crippen LogP) is 5.39. The van der Waals surface area contributed by atoms with Crippen LogP contribution in [0.2, 0.25) is 5.02 Å². The Hall–Kier alpha value is -3.38. The van der Waals surface area contributed by atoms with Gasteiger partial charge in [0.05, 0.1) is 27.3 Å². The molecule has 1 aliphatic rings. The molecular weight excluding hydrogens is 472 g/mol. The van der Waals surface area contributed by atoms with Crippen molar-refractivity contribution in [2.24, 2.45) is 5.92 Å². The van der Waals surface area contributed by atoms with Gasteiger partial charge in [-0.25, -0.2) is 4.79 Å². The van der Waals surface area contributed by atoms with Crippen LogP contribution >= 0.6 is 11.6 Å². The Balaban J connectivity index is 1.25. The lowest BCUT2D eigenvalue weighted by Gasteiger charge is -2.29. The summed E-state index contributed by atoms with van der Waals surface area (Å²) in [6.07, 6.45) is 6.09. The van der Waals surface area contributed by atoms with E-state index in [1.165, 1.54) is 5.56 Å². The zero-order valence-electron chi connectivity index (χ0n) is 20.5. The molecule has 2 heterocycles. The van der Waals surface area contributed by atoms with Gasteiger partial charge in [0.25, 0.3) is 5.91 Å². The van der Waals surface area contributed by atoms with E-state index < -0.39 is 0 Å². The van der Waals surface area contributed by atoms with Gasteiger partial charge in [-0.3, -0.25) is 18.9 Å². The molecule has 1 fully saturated rings. The Labute approximate surface area is 215 Å². The van der Waals surface area contributed by atoms with E-state index in [4.69, 9.17) is 11.6 Å². The minimum atomic E-state index is -0.122. The maximum Gasteiger partial charge on any atom is 0.329 e. The molecule has 1 amide bonds. The summed E-state index contributed by atoms with van der Waals surface area (Å²) in [6, 6.07) is 20.2. The fourth-order valence-electron chi connectivity index (χ4n) is 5.30. The number of imidazole rings is 1. The number of hydrogen-bond acceptors (Lipinski definition) is 3. The lowest BCUT2D eigenvalue weighted by Crippen LogP contribution is -2.39. The quantitative estimate of drug-likeness (QED) is 0.368. The number of carbonyl (C=O) groups excluding carboxylic acids is 1. The van der Waals surface area contributed by atoms with Gasteiger partial charge in [0, 0.05) is 25.3 Å². The van der Waals surface area contributed by atoms with Gasteiger partial charge in [-0.2, -0.15) is 0 Å². The molecule has 0 spiro atoms. The fraction of sp³-hybridized carbons (Fsp3) is 0.345. The van der Waals surface area contributed by atoms with E-state index in [0.717, 1.165) is 43.1 Å². The molecular formula is C29H31ClN4O2. The van der Waals surface area contributed by atoms with Crippen LogP contribution in [0.4, 0.5) is 0 Å². The van der Waals surface area contributed by atoms with Crippen LogP contribution in [0, 0.1) is 12.8 Å². The summed E-state index contributed by atoms with van der Waals surface area (Å²) in [5, 5.41) is 3.62. The van der Waals surface area contributed by atoms with Gasteiger partial charge in [-0.05, 0) is 68.7 Å². The number of nitrogens with one attached hydrogen (secondary N) is 1. The summed E-state index contributed by atoms with van der Waals surface area (Å²) in [5.41, 5.74) is 4.48. The first kappa shape index (κ1) is 24.3. The van der Waals surface area contributed by atoms with Crippen molar-refractivity contribution in [1.82, 2.24) is 19.4 Å². The third-order valence-electron chi connectivity index (χ3n) is 7.31. The second kappa shape index (κ2) is 10.7. The van der Waals surface area contributed by atoms with E-state index in [2.05, 4.69) is 22.4 Å². The topological polar surface area (TPSA) is 68.9 Å². The number of hydrogen-bond donors (Lipinski definition) is 1. The van der Waals surface area contributed by atoms with Crippen LogP contribution in [0.15, 0.2) is 71.7 Å². The molecule has 0 aliphatic heterocycles. The number of para-hydroxylation sites is 2.